The lowest BCUT2D eigenvalue weighted by Crippen LogP contribution is -2.26. The first kappa shape index (κ1) is 14.5. The van der Waals surface area contributed by atoms with Crippen LogP contribution in [0.4, 0.5) is 26.3 Å². The smallest absolute Gasteiger partial charge is 0.369 e. The molecule has 0 aromatic carbocycles. The Morgan fingerprint density at radius 3 is 1.80 bits per heavy atom. The van der Waals surface area contributed by atoms with E-state index in [4.69, 9.17) is 0 Å². The summed E-state index contributed by atoms with van der Waals surface area (Å²) in [7, 11) is 0. The van der Waals surface area contributed by atoms with E-state index >= 15 is 0 Å². The highest BCUT2D eigenvalue weighted by Crippen LogP contribution is 2.17. The van der Waals surface area contributed by atoms with Crippen LogP contribution in [0.3, 0.4) is 0 Å². The molecule has 0 amide bonds. The van der Waals surface area contributed by atoms with Gasteiger partial charge in [0.15, 0.2) is 0 Å². The zero-order valence-electron chi connectivity index (χ0n) is 7.78. The molecule has 0 aromatic rings. The molecule has 1 atom stereocenters. The molecule has 15 heavy (non-hydrogen) atoms. The predicted molar refractivity (Wildman–Crippen MR) is 38.3 cm³/mol. The molecule has 0 rings (SSSR count). The monoisotopic (exact) mass is 240 g/mol. The molecule has 0 aromatic heterocycles. The number of halogens is 6. The van der Waals surface area contributed by atoms with Crippen LogP contribution < -0.4 is 0 Å². The second-order valence-electron chi connectivity index (χ2n) is 2.87. The third kappa shape index (κ3) is 11.4. The van der Waals surface area contributed by atoms with E-state index in [1.807, 2.05) is 0 Å². The predicted octanol–water partition coefficient (Wildman–Crippen LogP) is 2.53. The summed E-state index contributed by atoms with van der Waals surface area (Å²) in [5, 5.41) is 0. The van der Waals surface area contributed by atoms with Gasteiger partial charge in [-0.2, -0.15) is 26.3 Å². The molecule has 92 valence electrons. The van der Waals surface area contributed by atoms with Gasteiger partial charge in [-0.1, -0.05) is 0 Å². The van der Waals surface area contributed by atoms with E-state index in [2.05, 4.69) is 9.47 Å². The number of rotatable bonds is 5. The van der Waals surface area contributed by atoms with Crippen molar-refractivity contribution in [2.24, 2.45) is 0 Å². The molecule has 0 aliphatic rings. The van der Waals surface area contributed by atoms with Crippen LogP contribution in [0.1, 0.15) is 6.92 Å². The lowest BCUT2D eigenvalue weighted by atomic mass is 10.4. The minimum Gasteiger partial charge on any atom is -0.369 e. The van der Waals surface area contributed by atoms with Crippen molar-refractivity contribution in [1.29, 1.82) is 0 Å². The second-order valence-corrected chi connectivity index (χ2v) is 2.87. The van der Waals surface area contributed by atoms with Gasteiger partial charge in [0.05, 0.1) is 12.7 Å². The van der Waals surface area contributed by atoms with Gasteiger partial charge in [-0.25, -0.2) is 0 Å². The third-order valence-electron chi connectivity index (χ3n) is 1.15. The minimum absolute atomic E-state index is 0.532. The van der Waals surface area contributed by atoms with Crippen LogP contribution in [-0.4, -0.2) is 38.3 Å². The molecule has 0 aliphatic heterocycles. The Morgan fingerprint density at radius 1 is 0.933 bits per heavy atom. The number of alkyl halides is 6. The molecule has 1 unspecified atom stereocenters. The van der Waals surface area contributed by atoms with Crippen molar-refractivity contribution >= 4 is 0 Å². The van der Waals surface area contributed by atoms with Gasteiger partial charge < -0.3 is 9.47 Å². The van der Waals surface area contributed by atoms with Crippen LogP contribution in [0.15, 0.2) is 0 Å². The summed E-state index contributed by atoms with van der Waals surface area (Å²) in [6, 6.07) is 0. The third-order valence-corrected chi connectivity index (χ3v) is 1.15. The van der Waals surface area contributed by atoms with Crippen molar-refractivity contribution in [1.82, 2.24) is 0 Å². The Morgan fingerprint density at radius 2 is 1.40 bits per heavy atom. The Hall–Kier alpha value is -0.500. The highest BCUT2D eigenvalue weighted by Gasteiger charge is 2.30. The highest BCUT2D eigenvalue weighted by atomic mass is 19.4. The Balaban J connectivity index is 3.54. The normalized spacial score (nSPS) is 15.4. The van der Waals surface area contributed by atoms with E-state index < -0.39 is 38.3 Å². The van der Waals surface area contributed by atoms with Gasteiger partial charge in [0.25, 0.3) is 0 Å². The van der Waals surface area contributed by atoms with Crippen LogP contribution in [0.2, 0.25) is 0 Å². The first-order valence-electron chi connectivity index (χ1n) is 3.93. The van der Waals surface area contributed by atoms with E-state index in [1.54, 1.807) is 0 Å². The number of ether oxygens (including phenoxy) is 2. The van der Waals surface area contributed by atoms with Gasteiger partial charge in [-0.05, 0) is 6.92 Å². The lowest BCUT2D eigenvalue weighted by molar-refractivity contribution is -0.201. The molecule has 2 nitrogen and oxygen atoms in total. The Kier molecular flexibility index (Phi) is 5.36. The molecule has 0 heterocycles. The van der Waals surface area contributed by atoms with Crippen molar-refractivity contribution in [2.45, 2.75) is 25.4 Å². The quantitative estimate of drug-likeness (QED) is 0.687. The van der Waals surface area contributed by atoms with Crippen molar-refractivity contribution < 1.29 is 35.8 Å². The molecular weight excluding hydrogens is 230 g/mol. The zero-order valence-corrected chi connectivity index (χ0v) is 7.78. The highest BCUT2D eigenvalue weighted by molar-refractivity contribution is 4.53. The van der Waals surface area contributed by atoms with Gasteiger partial charge >= 0.3 is 12.4 Å². The average molecular weight is 240 g/mol. The second kappa shape index (κ2) is 5.55. The van der Waals surface area contributed by atoms with Crippen LogP contribution in [0.5, 0.6) is 0 Å². The molecule has 0 radical (unpaired) electrons. The average Bonchev–Trinajstić information content (AvgIpc) is 1.97. The summed E-state index contributed by atoms with van der Waals surface area (Å²) >= 11 is 0. The fraction of sp³-hybridized carbons (Fsp3) is 1.00. The van der Waals surface area contributed by atoms with Crippen LogP contribution in [-0.2, 0) is 9.47 Å². The van der Waals surface area contributed by atoms with Crippen LogP contribution in [0, 0.1) is 0 Å². The summed E-state index contributed by atoms with van der Waals surface area (Å²) in [5.74, 6) is 0. The molecule has 0 saturated carbocycles. The van der Waals surface area contributed by atoms with E-state index in [0.717, 1.165) is 0 Å². The first-order valence-corrected chi connectivity index (χ1v) is 3.93. The van der Waals surface area contributed by atoms with Crippen LogP contribution >= 0.6 is 0 Å². The topological polar surface area (TPSA) is 18.5 Å². The molecule has 8 heteroatoms. The van der Waals surface area contributed by atoms with Crippen molar-refractivity contribution in [3.8, 4) is 0 Å². The Bertz CT molecular complexity index is 175. The van der Waals surface area contributed by atoms with Gasteiger partial charge in [0.1, 0.15) is 13.2 Å². The van der Waals surface area contributed by atoms with Gasteiger partial charge in [0, 0.05) is 0 Å². The van der Waals surface area contributed by atoms with Crippen molar-refractivity contribution in [2.75, 3.05) is 19.8 Å². The molecule has 0 aliphatic carbocycles. The van der Waals surface area contributed by atoms with Gasteiger partial charge in [0.2, 0.25) is 0 Å². The minimum atomic E-state index is -4.49. The summed E-state index contributed by atoms with van der Waals surface area (Å²) in [5.41, 5.74) is 0. The van der Waals surface area contributed by atoms with E-state index in [1.165, 1.54) is 6.92 Å². The molecule has 0 spiro atoms. The van der Waals surface area contributed by atoms with Crippen LogP contribution in [0.25, 0.3) is 0 Å². The lowest BCUT2D eigenvalue weighted by Gasteiger charge is -2.15. The molecule has 0 fully saturated rings. The summed E-state index contributed by atoms with van der Waals surface area (Å²) in [6.07, 6.45) is -10.0. The summed E-state index contributed by atoms with van der Waals surface area (Å²) in [6.45, 7) is -2.33. The van der Waals surface area contributed by atoms with E-state index in [-0.39, 0.29) is 0 Å². The van der Waals surface area contributed by atoms with Crippen molar-refractivity contribution in [3.63, 3.8) is 0 Å². The fourth-order valence-electron chi connectivity index (χ4n) is 0.625. The number of hydrogen-bond donors (Lipinski definition) is 0. The molecule has 0 bridgehead atoms. The fourth-order valence-corrected chi connectivity index (χ4v) is 0.625. The number of hydrogen-bond acceptors (Lipinski definition) is 2. The SMILES string of the molecule is CC(COCC(F)(F)F)OCC(F)(F)F. The zero-order chi connectivity index (χ0) is 12.1. The maximum Gasteiger partial charge on any atom is 0.411 e. The summed E-state index contributed by atoms with van der Waals surface area (Å²) < 4.78 is 77.7. The first-order chi connectivity index (χ1) is 6.60. The maximum atomic E-state index is 11.6. The van der Waals surface area contributed by atoms with E-state index in [9.17, 15) is 26.3 Å². The summed E-state index contributed by atoms with van der Waals surface area (Å²) in [4.78, 5) is 0. The van der Waals surface area contributed by atoms with Crippen molar-refractivity contribution in [3.05, 3.63) is 0 Å². The molecule has 0 N–H and O–H groups in total. The Labute approximate surface area is 82.1 Å². The molecular formula is C7H10F6O2. The van der Waals surface area contributed by atoms with E-state index in [0.29, 0.717) is 0 Å². The molecule has 0 saturated heterocycles. The maximum absolute atomic E-state index is 11.6. The largest absolute Gasteiger partial charge is 0.411 e. The van der Waals surface area contributed by atoms with Gasteiger partial charge in [-0.15, -0.1) is 0 Å². The van der Waals surface area contributed by atoms with Gasteiger partial charge in [-0.3, -0.25) is 0 Å². The standard InChI is InChI=1S/C7H10F6O2/c1-5(15-4-7(11,12)13)2-14-3-6(8,9)10/h5H,2-4H2,1H3.